The van der Waals surface area contributed by atoms with Crippen molar-refractivity contribution in [2.45, 2.75) is 19.9 Å². The van der Waals surface area contributed by atoms with Gasteiger partial charge in [0.05, 0.1) is 11.8 Å². The molecule has 4 heteroatoms. The molecule has 1 rings (SSSR count). The molecule has 1 atom stereocenters. The van der Waals surface area contributed by atoms with Gasteiger partial charge in [0, 0.05) is 10.5 Å². The lowest BCUT2D eigenvalue weighted by Crippen LogP contribution is -2.39. The summed E-state index contributed by atoms with van der Waals surface area (Å²) >= 11 is 2.28. The van der Waals surface area contributed by atoms with E-state index in [1.165, 1.54) is 12.5 Å². The first-order valence-corrected chi connectivity index (χ1v) is 6.06. The van der Waals surface area contributed by atoms with Gasteiger partial charge in [-0.2, -0.15) is 0 Å². The van der Waals surface area contributed by atoms with Gasteiger partial charge in [-0.25, -0.2) is 0 Å². The Balaban J connectivity index is 2.56. The highest BCUT2D eigenvalue weighted by molar-refractivity contribution is 14.1. The van der Waals surface area contributed by atoms with Gasteiger partial charge in [0.1, 0.15) is 6.26 Å². The lowest BCUT2D eigenvalue weighted by Gasteiger charge is -2.19. The van der Waals surface area contributed by atoms with Crippen molar-refractivity contribution in [3.63, 3.8) is 0 Å². The van der Waals surface area contributed by atoms with Crippen molar-refractivity contribution >= 4 is 28.5 Å². The molecule has 0 aromatic carbocycles. The summed E-state index contributed by atoms with van der Waals surface area (Å²) in [5, 5.41) is 2.96. The largest absolute Gasteiger partial charge is 0.472 e. The molecule has 1 unspecified atom stereocenters. The predicted octanol–water partition coefficient (Wildman–Crippen LogP) is 2.47. The maximum atomic E-state index is 11.6. The van der Waals surface area contributed by atoms with Gasteiger partial charge in [0.25, 0.3) is 5.91 Å². The Labute approximate surface area is 97.4 Å². The van der Waals surface area contributed by atoms with Crippen LogP contribution in [0, 0.1) is 5.92 Å². The molecule has 78 valence electrons. The van der Waals surface area contributed by atoms with Gasteiger partial charge in [0.2, 0.25) is 0 Å². The number of hydrogen-bond acceptors (Lipinski definition) is 2. The topological polar surface area (TPSA) is 42.2 Å². The molecule has 0 saturated carbocycles. The minimum atomic E-state index is -0.0610. The second kappa shape index (κ2) is 5.38. The third-order valence-corrected chi connectivity index (χ3v) is 3.02. The van der Waals surface area contributed by atoms with Crippen LogP contribution in [0.5, 0.6) is 0 Å². The third kappa shape index (κ3) is 3.01. The molecule has 1 amide bonds. The van der Waals surface area contributed by atoms with Crippen molar-refractivity contribution in [2.75, 3.05) is 4.43 Å². The van der Waals surface area contributed by atoms with E-state index in [1.54, 1.807) is 6.07 Å². The second-order valence-electron chi connectivity index (χ2n) is 3.49. The fourth-order valence-corrected chi connectivity index (χ4v) is 2.27. The zero-order chi connectivity index (χ0) is 10.6. The number of carbonyl (C=O) groups is 1. The quantitative estimate of drug-likeness (QED) is 0.686. The fourth-order valence-electron chi connectivity index (χ4n) is 1.03. The summed E-state index contributed by atoms with van der Waals surface area (Å²) in [5.74, 6) is 0.386. The van der Waals surface area contributed by atoms with E-state index in [0.717, 1.165) is 4.43 Å². The summed E-state index contributed by atoms with van der Waals surface area (Å²) in [6, 6.07) is 1.89. The molecule has 1 aromatic rings. The minimum Gasteiger partial charge on any atom is -0.472 e. The molecule has 0 fully saturated rings. The zero-order valence-electron chi connectivity index (χ0n) is 8.29. The Kier molecular flexibility index (Phi) is 4.44. The standard InChI is InChI=1S/C10H14INO2/c1-7(2)9(5-11)12-10(13)8-3-4-14-6-8/h3-4,6-7,9H,5H2,1-2H3,(H,12,13). The Hall–Kier alpha value is -0.520. The number of furan rings is 1. The molecule has 0 bridgehead atoms. The number of rotatable bonds is 4. The maximum absolute atomic E-state index is 11.6. The first-order valence-electron chi connectivity index (χ1n) is 4.54. The molecule has 0 radical (unpaired) electrons. The molecule has 1 N–H and O–H groups in total. The lowest BCUT2D eigenvalue weighted by atomic mass is 10.1. The molecular formula is C10H14INO2. The van der Waals surface area contributed by atoms with Crippen LogP contribution in [0.4, 0.5) is 0 Å². The van der Waals surface area contributed by atoms with Crippen LogP contribution in [0.3, 0.4) is 0 Å². The molecule has 1 aromatic heterocycles. The van der Waals surface area contributed by atoms with Crippen LogP contribution in [0.25, 0.3) is 0 Å². The second-order valence-corrected chi connectivity index (χ2v) is 4.37. The summed E-state index contributed by atoms with van der Waals surface area (Å²) in [5.41, 5.74) is 0.584. The normalized spacial score (nSPS) is 12.9. The number of amides is 1. The monoisotopic (exact) mass is 307 g/mol. The Morgan fingerprint density at radius 2 is 2.36 bits per heavy atom. The van der Waals surface area contributed by atoms with E-state index in [2.05, 4.69) is 41.8 Å². The van der Waals surface area contributed by atoms with Crippen LogP contribution in [0.2, 0.25) is 0 Å². The molecule has 0 saturated heterocycles. The van der Waals surface area contributed by atoms with E-state index in [-0.39, 0.29) is 11.9 Å². The maximum Gasteiger partial charge on any atom is 0.254 e. The molecule has 0 aliphatic carbocycles. The van der Waals surface area contributed by atoms with Gasteiger partial charge in [-0.3, -0.25) is 4.79 Å². The number of alkyl halides is 1. The lowest BCUT2D eigenvalue weighted by molar-refractivity contribution is 0.0931. The van der Waals surface area contributed by atoms with Gasteiger partial charge in [-0.15, -0.1) is 0 Å². The average Bonchev–Trinajstić information content (AvgIpc) is 2.65. The Bertz CT molecular complexity index is 282. The molecule has 3 nitrogen and oxygen atoms in total. The molecule has 0 spiro atoms. The van der Waals surface area contributed by atoms with Gasteiger partial charge in [-0.05, 0) is 12.0 Å². The van der Waals surface area contributed by atoms with Crippen molar-refractivity contribution < 1.29 is 9.21 Å². The first kappa shape index (κ1) is 11.6. The fraction of sp³-hybridized carbons (Fsp3) is 0.500. The highest BCUT2D eigenvalue weighted by Crippen LogP contribution is 2.07. The van der Waals surface area contributed by atoms with Crippen LogP contribution in [-0.4, -0.2) is 16.4 Å². The summed E-state index contributed by atoms with van der Waals surface area (Å²) in [6.45, 7) is 4.19. The number of hydrogen-bond donors (Lipinski definition) is 1. The molecule has 0 aliphatic rings. The summed E-state index contributed by atoms with van der Waals surface area (Å²) in [7, 11) is 0. The first-order chi connectivity index (χ1) is 6.65. The Morgan fingerprint density at radius 3 is 2.79 bits per heavy atom. The molecule has 1 heterocycles. The van der Waals surface area contributed by atoms with E-state index in [0.29, 0.717) is 11.5 Å². The number of nitrogens with one attached hydrogen (secondary N) is 1. The van der Waals surface area contributed by atoms with E-state index in [9.17, 15) is 4.79 Å². The van der Waals surface area contributed by atoms with Crippen molar-refractivity contribution in [3.05, 3.63) is 24.2 Å². The summed E-state index contributed by atoms with van der Waals surface area (Å²) in [4.78, 5) is 11.6. The van der Waals surface area contributed by atoms with Crippen molar-refractivity contribution in [3.8, 4) is 0 Å². The highest BCUT2D eigenvalue weighted by Gasteiger charge is 2.16. The Morgan fingerprint density at radius 1 is 1.64 bits per heavy atom. The van der Waals surface area contributed by atoms with Gasteiger partial charge < -0.3 is 9.73 Å². The highest BCUT2D eigenvalue weighted by atomic mass is 127. The van der Waals surface area contributed by atoms with Crippen molar-refractivity contribution in [2.24, 2.45) is 5.92 Å². The van der Waals surface area contributed by atoms with E-state index in [1.807, 2.05) is 0 Å². The zero-order valence-corrected chi connectivity index (χ0v) is 10.4. The molecular weight excluding hydrogens is 293 g/mol. The minimum absolute atomic E-state index is 0.0610. The third-order valence-electron chi connectivity index (χ3n) is 2.07. The van der Waals surface area contributed by atoms with Crippen molar-refractivity contribution in [1.29, 1.82) is 0 Å². The smallest absolute Gasteiger partial charge is 0.254 e. The van der Waals surface area contributed by atoms with Crippen LogP contribution < -0.4 is 5.32 Å². The van der Waals surface area contributed by atoms with Crippen LogP contribution in [-0.2, 0) is 0 Å². The predicted molar refractivity (Wildman–Crippen MR) is 63.7 cm³/mol. The van der Waals surface area contributed by atoms with E-state index in [4.69, 9.17) is 4.42 Å². The van der Waals surface area contributed by atoms with Gasteiger partial charge in [-0.1, -0.05) is 36.4 Å². The average molecular weight is 307 g/mol. The molecule has 0 aliphatic heterocycles. The van der Waals surface area contributed by atoms with Gasteiger partial charge in [0.15, 0.2) is 0 Å². The summed E-state index contributed by atoms with van der Waals surface area (Å²) in [6.07, 6.45) is 2.96. The summed E-state index contributed by atoms with van der Waals surface area (Å²) < 4.78 is 5.76. The number of carbonyl (C=O) groups excluding carboxylic acids is 1. The van der Waals surface area contributed by atoms with Crippen LogP contribution >= 0.6 is 22.6 Å². The van der Waals surface area contributed by atoms with E-state index >= 15 is 0 Å². The van der Waals surface area contributed by atoms with Crippen LogP contribution in [0.1, 0.15) is 24.2 Å². The SMILES string of the molecule is CC(C)C(CI)NC(=O)c1ccoc1. The molecule has 14 heavy (non-hydrogen) atoms. The van der Waals surface area contributed by atoms with E-state index < -0.39 is 0 Å². The van der Waals surface area contributed by atoms with Crippen LogP contribution in [0.15, 0.2) is 23.0 Å². The number of halogens is 1. The van der Waals surface area contributed by atoms with Gasteiger partial charge >= 0.3 is 0 Å². The van der Waals surface area contributed by atoms with Crippen molar-refractivity contribution in [1.82, 2.24) is 5.32 Å².